The average Bonchev–Trinajstić information content (AvgIpc) is 2.43. The molecule has 0 amide bonds. The quantitative estimate of drug-likeness (QED) is 0.234. The summed E-state index contributed by atoms with van der Waals surface area (Å²) in [6, 6.07) is 0. The number of rotatable bonds is 14. The lowest BCUT2D eigenvalue weighted by Gasteiger charge is -2.01. The molecule has 0 saturated carbocycles. The van der Waals surface area contributed by atoms with Gasteiger partial charge >= 0.3 is 0 Å². The van der Waals surface area contributed by atoms with Gasteiger partial charge in [0.15, 0.2) is 0 Å². The van der Waals surface area contributed by atoms with Gasteiger partial charge in [-0.3, -0.25) is 0 Å². The molecule has 0 heteroatoms. The van der Waals surface area contributed by atoms with Crippen molar-refractivity contribution in [1.82, 2.24) is 0 Å². The van der Waals surface area contributed by atoms with Gasteiger partial charge in [-0.2, -0.15) is 0 Å². The number of unbranched alkanes of at least 4 members (excludes halogenated alkanes) is 11. The average molecular weight is 262 g/mol. The Labute approximate surface area is 121 Å². The maximum Gasteiger partial charge on any atom is -0.0348 e. The molecule has 0 nitrogen and oxygen atoms in total. The Balaban J connectivity index is 3.04. The molecule has 0 heterocycles. The predicted molar refractivity (Wildman–Crippen MR) is 89.6 cm³/mol. The van der Waals surface area contributed by atoms with Crippen LogP contribution in [0.1, 0.15) is 84.0 Å². The second-order valence-corrected chi connectivity index (χ2v) is 5.37. The lowest BCUT2D eigenvalue weighted by atomic mass is 10.1. The van der Waals surface area contributed by atoms with Gasteiger partial charge in [0.05, 0.1) is 0 Å². The Bertz CT molecular complexity index is 222. The van der Waals surface area contributed by atoms with E-state index in [9.17, 15) is 0 Å². The summed E-state index contributed by atoms with van der Waals surface area (Å²) < 4.78 is 0. The second kappa shape index (κ2) is 17.2. The van der Waals surface area contributed by atoms with Crippen molar-refractivity contribution >= 4 is 0 Å². The summed E-state index contributed by atoms with van der Waals surface area (Å²) in [7, 11) is 0. The Morgan fingerprint density at radius 3 is 1.68 bits per heavy atom. The largest absolute Gasteiger partial charge is 0.0991 e. The molecule has 0 aromatic carbocycles. The predicted octanol–water partition coefficient (Wildman–Crippen LogP) is 6.99. The zero-order chi connectivity index (χ0) is 14.0. The van der Waals surface area contributed by atoms with Gasteiger partial charge in [-0.05, 0) is 12.8 Å². The van der Waals surface area contributed by atoms with Crippen molar-refractivity contribution in [2.75, 3.05) is 0 Å². The standard InChI is InChI=1S/C19H34/c1-3-5-7-9-11-13-15-17-19-18-16-14-12-10-8-6-4-2/h3,5,7,9,11H,1,4,6,8,10,12-19H2,2H3/b7-5+,11-9+. The van der Waals surface area contributed by atoms with Crippen molar-refractivity contribution in [3.63, 3.8) is 0 Å². The monoisotopic (exact) mass is 262 g/mol. The fourth-order valence-corrected chi connectivity index (χ4v) is 2.24. The molecule has 0 aliphatic rings. The molecule has 0 radical (unpaired) electrons. The SMILES string of the molecule is C=C/C=C/C=C/CCCCCCCCCCCCC. The molecule has 19 heavy (non-hydrogen) atoms. The molecule has 0 unspecified atom stereocenters. The van der Waals surface area contributed by atoms with E-state index in [0.29, 0.717) is 0 Å². The highest BCUT2D eigenvalue weighted by Crippen LogP contribution is 2.11. The Kier molecular flexibility index (Phi) is 16.5. The third-order valence-electron chi connectivity index (χ3n) is 3.47. The number of hydrogen-bond acceptors (Lipinski definition) is 0. The second-order valence-electron chi connectivity index (χ2n) is 5.37. The van der Waals surface area contributed by atoms with Crippen LogP contribution < -0.4 is 0 Å². The number of hydrogen-bond donors (Lipinski definition) is 0. The van der Waals surface area contributed by atoms with E-state index in [4.69, 9.17) is 0 Å². The van der Waals surface area contributed by atoms with Crippen LogP contribution in [0.3, 0.4) is 0 Å². The van der Waals surface area contributed by atoms with Crippen molar-refractivity contribution in [2.45, 2.75) is 84.0 Å². The van der Waals surface area contributed by atoms with E-state index in [0.717, 1.165) is 0 Å². The molecule has 0 saturated heterocycles. The van der Waals surface area contributed by atoms with Crippen LogP contribution in [0.15, 0.2) is 37.0 Å². The summed E-state index contributed by atoms with van der Waals surface area (Å²) in [5.74, 6) is 0. The molecule has 0 atom stereocenters. The summed E-state index contributed by atoms with van der Waals surface area (Å²) in [6.07, 6.45) is 27.1. The van der Waals surface area contributed by atoms with E-state index in [-0.39, 0.29) is 0 Å². The maximum absolute atomic E-state index is 3.64. The van der Waals surface area contributed by atoms with Crippen LogP contribution in [0, 0.1) is 0 Å². The fourth-order valence-electron chi connectivity index (χ4n) is 2.24. The van der Waals surface area contributed by atoms with Gasteiger partial charge in [0.2, 0.25) is 0 Å². The summed E-state index contributed by atoms with van der Waals surface area (Å²) in [4.78, 5) is 0. The number of allylic oxidation sites excluding steroid dienone is 5. The molecule has 0 N–H and O–H groups in total. The summed E-state index contributed by atoms with van der Waals surface area (Å²) in [6.45, 7) is 5.93. The Hall–Kier alpha value is -0.780. The van der Waals surface area contributed by atoms with Crippen LogP contribution in [-0.4, -0.2) is 0 Å². The van der Waals surface area contributed by atoms with Crippen LogP contribution in [0.25, 0.3) is 0 Å². The van der Waals surface area contributed by atoms with E-state index in [1.165, 1.54) is 77.0 Å². The van der Waals surface area contributed by atoms with Crippen LogP contribution >= 0.6 is 0 Å². The molecule has 0 aliphatic carbocycles. The topological polar surface area (TPSA) is 0 Å². The first kappa shape index (κ1) is 18.2. The molecule has 0 bridgehead atoms. The maximum atomic E-state index is 3.64. The highest BCUT2D eigenvalue weighted by Gasteiger charge is 1.92. The van der Waals surface area contributed by atoms with E-state index in [2.05, 4.69) is 25.7 Å². The molecule has 0 aromatic rings. The zero-order valence-corrected chi connectivity index (χ0v) is 13.1. The molecule has 0 rings (SSSR count). The van der Waals surface area contributed by atoms with Crippen molar-refractivity contribution in [3.05, 3.63) is 37.0 Å². The van der Waals surface area contributed by atoms with E-state index in [1.54, 1.807) is 0 Å². The van der Waals surface area contributed by atoms with Crippen molar-refractivity contribution in [2.24, 2.45) is 0 Å². The van der Waals surface area contributed by atoms with Crippen LogP contribution in [0.5, 0.6) is 0 Å². The molecule has 110 valence electrons. The minimum absolute atomic E-state index is 1.22. The molecular weight excluding hydrogens is 228 g/mol. The third-order valence-corrected chi connectivity index (χ3v) is 3.47. The fraction of sp³-hybridized carbons (Fsp3) is 0.684. The summed E-state index contributed by atoms with van der Waals surface area (Å²) in [5.41, 5.74) is 0. The first-order valence-corrected chi connectivity index (χ1v) is 8.36. The van der Waals surface area contributed by atoms with Crippen LogP contribution in [0.2, 0.25) is 0 Å². The van der Waals surface area contributed by atoms with Gasteiger partial charge in [0.25, 0.3) is 0 Å². The molecule has 0 spiro atoms. The van der Waals surface area contributed by atoms with E-state index in [1.807, 2.05) is 18.2 Å². The highest BCUT2D eigenvalue weighted by atomic mass is 14.0. The summed E-state index contributed by atoms with van der Waals surface area (Å²) in [5, 5.41) is 0. The van der Waals surface area contributed by atoms with Gasteiger partial charge in [-0.1, -0.05) is 108 Å². The van der Waals surface area contributed by atoms with E-state index < -0.39 is 0 Å². The van der Waals surface area contributed by atoms with Crippen molar-refractivity contribution in [3.8, 4) is 0 Å². The van der Waals surface area contributed by atoms with Gasteiger partial charge < -0.3 is 0 Å². The molecular formula is C19H34. The minimum atomic E-state index is 1.22. The summed E-state index contributed by atoms with van der Waals surface area (Å²) >= 11 is 0. The smallest absolute Gasteiger partial charge is 0.0348 e. The Morgan fingerprint density at radius 2 is 1.16 bits per heavy atom. The lowest BCUT2D eigenvalue weighted by Crippen LogP contribution is -1.81. The zero-order valence-electron chi connectivity index (χ0n) is 13.1. The first-order chi connectivity index (χ1) is 9.41. The highest BCUT2D eigenvalue weighted by molar-refractivity contribution is 5.08. The van der Waals surface area contributed by atoms with Gasteiger partial charge in [-0.15, -0.1) is 0 Å². The molecule has 0 fully saturated rings. The molecule has 0 aromatic heterocycles. The van der Waals surface area contributed by atoms with Gasteiger partial charge in [0.1, 0.15) is 0 Å². The minimum Gasteiger partial charge on any atom is -0.0991 e. The lowest BCUT2D eigenvalue weighted by molar-refractivity contribution is 0.550. The van der Waals surface area contributed by atoms with Crippen LogP contribution in [0.4, 0.5) is 0 Å². The normalized spacial score (nSPS) is 11.6. The Morgan fingerprint density at radius 1 is 0.632 bits per heavy atom. The van der Waals surface area contributed by atoms with Crippen LogP contribution in [-0.2, 0) is 0 Å². The van der Waals surface area contributed by atoms with Gasteiger partial charge in [-0.25, -0.2) is 0 Å². The third kappa shape index (κ3) is 17.2. The van der Waals surface area contributed by atoms with E-state index >= 15 is 0 Å². The van der Waals surface area contributed by atoms with Gasteiger partial charge in [0, 0.05) is 0 Å². The van der Waals surface area contributed by atoms with Crippen molar-refractivity contribution < 1.29 is 0 Å². The molecule has 0 aliphatic heterocycles. The first-order valence-electron chi connectivity index (χ1n) is 8.36. The van der Waals surface area contributed by atoms with Crippen molar-refractivity contribution in [1.29, 1.82) is 0 Å².